The summed E-state index contributed by atoms with van der Waals surface area (Å²) in [5.41, 5.74) is 0.0590. The Morgan fingerprint density at radius 2 is 1.73 bits per heavy atom. The molecule has 0 amide bonds. The first-order valence-electron chi connectivity index (χ1n) is 6.61. The Bertz CT molecular complexity index is 1230. The maximum absolute atomic E-state index is 13.0. The summed E-state index contributed by atoms with van der Waals surface area (Å²) in [6, 6.07) is 5.50. The fourth-order valence-corrected chi connectivity index (χ4v) is 3.42. The van der Waals surface area contributed by atoms with Crippen molar-refractivity contribution >= 4 is 42.6 Å². The molecular formula is C13H8FN4O6S2. The zero-order valence-corrected chi connectivity index (χ0v) is 14.1. The largest absolute Gasteiger partial charge is 0.324 e. The fourth-order valence-electron chi connectivity index (χ4n) is 2.18. The van der Waals surface area contributed by atoms with Gasteiger partial charge in [0.25, 0.3) is 20.2 Å². The van der Waals surface area contributed by atoms with Crippen molar-refractivity contribution in [2.75, 3.05) is 5.32 Å². The number of hydrogen-bond acceptors (Lipinski definition) is 8. The number of nitrogens with zero attached hydrogens (tertiary/aromatic N) is 3. The molecule has 0 aliphatic heterocycles. The van der Waals surface area contributed by atoms with Crippen molar-refractivity contribution in [3.8, 4) is 0 Å². The number of aromatic nitrogens is 3. The van der Waals surface area contributed by atoms with Gasteiger partial charge in [0.15, 0.2) is 0 Å². The van der Waals surface area contributed by atoms with Crippen LogP contribution in [0.2, 0.25) is 0 Å². The van der Waals surface area contributed by atoms with E-state index in [2.05, 4.69) is 20.3 Å². The van der Waals surface area contributed by atoms with Crippen molar-refractivity contribution in [2.24, 2.45) is 0 Å². The number of fused-ring (bicyclic) bond motifs is 1. The second-order valence-corrected chi connectivity index (χ2v) is 7.77. The van der Waals surface area contributed by atoms with Gasteiger partial charge in [0.2, 0.25) is 12.3 Å². The molecule has 0 unspecified atom stereocenters. The molecule has 0 aliphatic carbocycles. The van der Waals surface area contributed by atoms with Crippen LogP contribution in [0.1, 0.15) is 0 Å². The van der Waals surface area contributed by atoms with Gasteiger partial charge in [-0.3, -0.25) is 9.11 Å². The third-order valence-corrected chi connectivity index (χ3v) is 4.96. The van der Waals surface area contributed by atoms with Crippen LogP contribution >= 0.6 is 0 Å². The summed E-state index contributed by atoms with van der Waals surface area (Å²) in [5, 5.41) is 2.57. The minimum Gasteiger partial charge on any atom is -0.324 e. The normalized spacial score (nSPS) is 12.3. The SMILES string of the molecule is O=S(=O)(O)c1ccc2cc(Nc3n[c]nc(F)n3)cc(S(=O)(=O)O)c2c1. The van der Waals surface area contributed by atoms with Crippen LogP contribution in [0.25, 0.3) is 10.8 Å². The molecule has 0 saturated heterocycles. The summed E-state index contributed by atoms with van der Waals surface area (Å²) >= 11 is 0. The van der Waals surface area contributed by atoms with E-state index in [1.165, 1.54) is 12.1 Å². The Morgan fingerprint density at radius 3 is 2.35 bits per heavy atom. The van der Waals surface area contributed by atoms with Crippen LogP contribution in [0.5, 0.6) is 0 Å². The third-order valence-electron chi connectivity index (χ3n) is 3.22. The van der Waals surface area contributed by atoms with Crippen LogP contribution in [0.15, 0.2) is 40.1 Å². The predicted octanol–water partition coefficient (Wildman–Crippen LogP) is 1.20. The zero-order valence-electron chi connectivity index (χ0n) is 12.5. The molecule has 0 saturated carbocycles. The minimum atomic E-state index is -4.77. The van der Waals surface area contributed by atoms with Crippen LogP contribution in [0, 0.1) is 12.4 Å². The second-order valence-electron chi connectivity index (χ2n) is 4.96. The average molecular weight is 399 g/mol. The summed E-state index contributed by atoms with van der Waals surface area (Å²) in [5.74, 6) is -0.271. The van der Waals surface area contributed by atoms with Crippen molar-refractivity contribution in [1.82, 2.24) is 15.0 Å². The van der Waals surface area contributed by atoms with Gasteiger partial charge in [-0.05, 0) is 29.7 Å². The first-order chi connectivity index (χ1) is 12.0. The molecular weight excluding hydrogens is 391 g/mol. The topological polar surface area (TPSA) is 159 Å². The lowest BCUT2D eigenvalue weighted by atomic mass is 10.1. The molecule has 13 heteroatoms. The molecule has 1 heterocycles. The molecule has 0 spiro atoms. The van der Waals surface area contributed by atoms with Gasteiger partial charge in [-0.1, -0.05) is 6.07 Å². The van der Waals surface area contributed by atoms with E-state index in [1.54, 1.807) is 0 Å². The number of halogens is 1. The standard InChI is InChI=1S/C13H8FN4O6S2/c14-12-15-6-16-13(18-12)17-8-3-7-1-2-9(25(19,20)21)5-10(7)11(4-8)26(22,23)24/h1-5H,(H,19,20,21)(H,22,23,24)(H,15,16,17,18). The Hall–Kier alpha value is -2.74. The van der Waals surface area contributed by atoms with Crippen molar-refractivity contribution in [3.63, 3.8) is 0 Å². The average Bonchev–Trinajstić information content (AvgIpc) is 2.52. The van der Waals surface area contributed by atoms with E-state index in [1.807, 2.05) is 6.33 Å². The molecule has 26 heavy (non-hydrogen) atoms. The van der Waals surface area contributed by atoms with Gasteiger partial charge in [-0.25, -0.2) is 0 Å². The molecule has 3 N–H and O–H groups in total. The first kappa shape index (κ1) is 18.1. The molecule has 2 aromatic carbocycles. The number of hydrogen-bond donors (Lipinski definition) is 3. The molecule has 1 radical (unpaired) electrons. The van der Waals surface area contributed by atoms with Gasteiger partial charge in [0.05, 0.1) is 4.90 Å². The lowest BCUT2D eigenvalue weighted by Gasteiger charge is -2.10. The highest BCUT2D eigenvalue weighted by Gasteiger charge is 2.19. The van der Waals surface area contributed by atoms with Gasteiger partial charge >= 0.3 is 6.08 Å². The van der Waals surface area contributed by atoms with Crippen molar-refractivity contribution in [2.45, 2.75) is 9.79 Å². The lowest BCUT2D eigenvalue weighted by molar-refractivity contribution is 0.480. The summed E-state index contributed by atoms with van der Waals surface area (Å²) in [4.78, 5) is 8.72. The van der Waals surface area contributed by atoms with E-state index in [0.29, 0.717) is 0 Å². The molecule has 0 bridgehead atoms. The maximum Gasteiger partial charge on any atom is 0.314 e. The van der Waals surface area contributed by atoms with Crippen molar-refractivity contribution in [3.05, 3.63) is 42.7 Å². The smallest absolute Gasteiger partial charge is 0.314 e. The summed E-state index contributed by atoms with van der Waals surface area (Å²) in [6.45, 7) is 0. The first-order valence-corrected chi connectivity index (χ1v) is 9.49. The number of nitrogens with one attached hydrogen (secondary N) is 1. The highest BCUT2D eigenvalue weighted by Crippen LogP contribution is 2.30. The van der Waals surface area contributed by atoms with Gasteiger partial charge in [-0.2, -0.15) is 36.2 Å². The van der Waals surface area contributed by atoms with E-state index < -0.39 is 36.1 Å². The second kappa shape index (κ2) is 6.21. The predicted molar refractivity (Wildman–Crippen MR) is 85.5 cm³/mol. The molecule has 0 aliphatic rings. The third kappa shape index (κ3) is 3.75. The van der Waals surface area contributed by atoms with Crippen LogP contribution in [0.3, 0.4) is 0 Å². The molecule has 3 aromatic rings. The Kier molecular flexibility index (Phi) is 4.31. The molecule has 0 fully saturated rings. The Morgan fingerprint density at radius 1 is 1.00 bits per heavy atom. The van der Waals surface area contributed by atoms with Gasteiger partial charge < -0.3 is 5.32 Å². The molecule has 1 aromatic heterocycles. The number of benzene rings is 2. The van der Waals surface area contributed by atoms with Crippen LogP contribution < -0.4 is 5.32 Å². The van der Waals surface area contributed by atoms with Crippen molar-refractivity contribution < 1.29 is 30.3 Å². The number of anilines is 2. The molecule has 10 nitrogen and oxygen atoms in total. The molecule has 135 valence electrons. The highest BCUT2D eigenvalue weighted by atomic mass is 32.2. The quantitative estimate of drug-likeness (QED) is 0.544. The van der Waals surface area contributed by atoms with E-state index >= 15 is 0 Å². The minimum absolute atomic E-state index is 0.0590. The lowest BCUT2D eigenvalue weighted by Crippen LogP contribution is -2.05. The monoisotopic (exact) mass is 399 g/mol. The zero-order chi connectivity index (χ0) is 19.1. The fraction of sp³-hybridized carbons (Fsp3) is 0. The maximum atomic E-state index is 13.0. The van der Waals surface area contributed by atoms with Crippen LogP contribution in [-0.4, -0.2) is 40.9 Å². The van der Waals surface area contributed by atoms with E-state index in [4.69, 9.17) is 4.55 Å². The van der Waals surface area contributed by atoms with E-state index in [0.717, 1.165) is 18.2 Å². The van der Waals surface area contributed by atoms with Gasteiger partial charge in [-0.15, -0.1) is 0 Å². The number of rotatable bonds is 4. The summed E-state index contributed by atoms with van der Waals surface area (Å²) in [7, 11) is -9.35. The Labute approximate surface area is 146 Å². The summed E-state index contributed by atoms with van der Waals surface area (Å²) < 4.78 is 77.4. The Balaban J connectivity index is 2.22. The van der Waals surface area contributed by atoms with E-state index in [9.17, 15) is 25.8 Å². The summed E-state index contributed by atoms with van der Waals surface area (Å²) in [6.07, 6.45) is 0.879. The molecule has 0 atom stereocenters. The van der Waals surface area contributed by atoms with Crippen LogP contribution in [-0.2, 0) is 20.2 Å². The molecule has 3 rings (SSSR count). The van der Waals surface area contributed by atoms with Crippen molar-refractivity contribution in [1.29, 1.82) is 0 Å². The van der Waals surface area contributed by atoms with Crippen LogP contribution in [0.4, 0.5) is 16.0 Å². The van der Waals surface area contributed by atoms with E-state index in [-0.39, 0.29) is 22.4 Å². The highest BCUT2D eigenvalue weighted by molar-refractivity contribution is 7.86. The van der Waals surface area contributed by atoms with Gasteiger partial charge in [0, 0.05) is 11.1 Å². The van der Waals surface area contributed by atoms with Gasteiger partial charge in [0.1, 0.15) is 4.90 Å².